The molecule has 2 rings (SSSR count). The van der Waals surface area contributed by atoms with Gasteiger partial charge in [0.15, 0.2) is 11.6 Å². The number of hydrogen-bond donors (Lipinski definition) is 1. The molecule has 2 N–H and O–H groups in total. The minimum Gasteiger partial charge on any atom is -0.481 e. The van der Waals surface area contributed by atoms with Crippen LogP contribution in [0.1, 0.15) is 25.0 Å². The summed E-state index contributed by atoms with van der Waals surface area (Å²) in [4.78, 5) is 0. The standard InChI is InChI=1S/C16H16BrClFNO/c1-2-14(20)16(11-5-3-4-6-12(11)18)21-15-9-10(17)7-8-13(15)19/h3-9,14,16H,2,20H2,1H3. The maximum atomic E-state index is 13.9. The summed E-state index contributed by atoms with van der Waals surface area (Å²) in [7, 11) is 0. The molecule has 0 aliphatic carbocycles. The fourth-order valence-corrected chi connectivity index (χ4v) is 2.59. The summed E-state index contributed by atoms with van der Waals surface area (Å²) in [5.41, 5.74) is 6.89. The Kier molecular flexibility index (Phi) is 5.62. The highest BCUT2D eigenvalue weighted by Crippen LogP contribution is 2.32. The molecular weight excluding hydrogens is 357 g/mol. The van der Waals surface area contributed by atoms with Crippen molar-refractivity contribution in [1.29, 1.82) is 0 Å². The predicted molar refractivity (Wildman–Crippen MR) is 87.2 cm³/mol. The fraction of sp³-hybridized carbons (Fsp3) is 0.250. The lowest BCUT2D eigenvalue weighted by Crippen LogP contribution is -2.31. The average Bonchev–Trinajstić information content (AvgIpc) is 2.48. The van der Waals surface area contributed by atoms with Crippen LogP contribution < -0.4 is 10.5 Å². The third-order valence-electron chi connectivity index (χ3n) is 3.22. The molecule has 2 aromatic carbocycles. The number of ether oxygens (including phenoxy) is 1. The van der Waals surface area contributed by atoms with Gasteiger partial charge in [-0.05, 0) is 30.7 Å². The van der Waals surface area contributed by atoms with Gasteiger partial charge in [-0.15, -0.1) is 0 Å². The molecule has 0 saturated carbocycles. The Hall–Kier alpha value is -1.10. The zero-order chi connectivity index (χ0) is 15.4. The summed E-state index contributed by atoms with van der Waals surface area (Å²) in [6, 6.07) is 11.6. The minimum atomic E-state index is -0.507. The SMILES string of the molecule is CCC(N)C(Oc1cc(Br)ccc1F)c1ccccc1Cl. The fourth-order valence-electron chi connectivity index (χ4n) is 2.01. The maximum absolute atomic E-state index is 13.9. The topological polar surface area (TPSA) is 35.2 Å². The quantitative estimate of drug-likeness (QED) is 0.792. The minimum absolute atomic E-state index is 0.151. The monoisotopic (exact) mass is 371 g/mol. The van der Waals surface area contributed by atoms with Crippen LogP contribution in [0.25, 0.3) is 0 Å². The lowest BCUT2D eigenvalue weighted by Gasteiger charge is -2.25. The first-order valence-corrected chi connectivity index (χ1v) is 7.81. The second kappa shape index (κ2) is 7.25. The van der Waals surface area contributed by atoms with Crippen LogP contribution in [0.15, 0.2) is 46.9 Å². The van der Waals surface area contributed by atoms with Crippen LogP contribution in [-0.4, -0.2) is 6.04 Å². The van der Waals surface area contributed by atoms with Crippen molar-refractivity contribution in [2.75, 3.05) is 0 Å². The molecule has 2 nitrogen and oxygen atoms in total. The van der Waals surface area contributed by atoms with Crippen molar-refractivity contribution in [3.05, 3.63) is 63.3 Å². The number of hydrogen-bond acceptors (Lipinski definition) is 2. The summed E-state index contributed by atoms with van der Waals surface area (Å²) in [6.45, 7) is 1.95. The molecule has 5 heteroatoms. The second-order valence-electron chi connectivity index (χ2n) is 4.71. The molecular formula is C16H16BrClFNO. The summed E-state index contributed by atoms with van der Waals surface area (Å²) < 4.78 is 20.5. The van der Waals surface area contributed by atoms with E-state index in [0.29, 0.717) is 11.4 Å². The summed E-state index contributed by atoms with van der Waals surface area (Å²) >= 11 is 9.53. The molecule has 0 aromatic heterocycles. The van der Waals surface area contributed by atoms with Gasteiger partial charge in [0.1, 0.15) is 6.10 Å². The number of benzene rings is 2. The molecule has 0 aliphatic rings. The van der Waals surface area contributed by atoms with E-state index in [1.54, 1.807) is 18.2 Å². The average molecular weight is 373 g/mol. The van der Waals surface area contributed by atoms with Crippen molar-refractivity contribution < 1.29 is 9.13 Å². The summed E-state index contributed by atoms with van der Waals surface area (Å²) in [5.74, 6) is -0.281. The molecule has 2 atom stereocenters. The highest BCUT2D eigenvalue weighted by Gasteiger charge is 2.24. The van der Waals surface area contributed by atoms with E-state index < -0.39 is 11.9 Å². The van der Waals surface area contributed by atoms with Crippen LogP contribution in [0, 0.1) is 5.82 Å². The first-order chi connectivity index (χ1) is 10.0. The van der Waals surface area contributed by atoms with E-state index in [2.05, 4.69) is 15.9 Å². The highest BCUT2D eigenvalue weighted by molar-refractivity contribution is 9.10. The van der Waals surface area contributed by atoms with Crippen LogP contribution in [0.3, 0.4) is 0 Å². The first kappa shape index (κ1) is 16.3. The van der Waals surface area contributed by atoms with E-state index in [4.69, 9.17) is 22.1 Å². The van der Waals surface area contributed by atoms with Gasteiger partial charge in [0.25, 0.3) is 0 Å². The van der Waals surface area contributed by atoms with Crippen LogP contribution in [-0.2, 0) is 0 Å². The van der Waals surface area contributed by atoms with Crippen molar-refractivity contribution in [3.63, 3.8) is 0 Å². The molecule has 0 bridgehead atoms. The lowest BCUT2D eigenvalue weighted by molar-refractivity contribution is 0.163. The molecule has 112 valence electrons. The van der Waals surface area contributed by atoms with Gasteiger partial charge >= 0.3 is 0 Å². The molecule has 0 heterocycles. The van der Waals surface area contributed by atoms with Crippen molar-refractivity contribution >= 4 is 27.5 Å². The van der Waals surface area contributed by atoms with Gasteiger partial charge < -0.3 is 10.5 Å². The second-order valence-corrected chi connectivity index (χ2v) is 6.03. The van der Waals surface area contributed by atoms with Crippen LogP contribution in [0.5, 0.6) is 5.75 Å². The van der Waals surface area contributed by atoms with Gasteiger partial charge in [0.05, 0.1) is 0 Å². The van der Waals surface area contributed by atoms with Gasteiger partial charge in [-0.1, -0.05) is 52.7 Å². The summed E-state index contributed by atoms with van der Waals surface area (Å²) in [6.07, 6.45) is 0.179. The Labute approximate surface area is 137 Å². The van der Waals surface area contributed by atoms with Crippen molar-refractivity contribution in [1.82, 2.24) is 0 Å². The Balaban J connectivity index is 2.38. The van der Waals surface area contributed by atoms with Gasteiger partial charge in [-0.25, -0.2) is 4.39 Å². The van der Waals surface area contributed by atoms with E-state index in [9.17, 15) is 4.39 Å². The number of nitrogens with two attached hydrogens (primary N) is 1. The molecule has 21 heavy (non-hydrogen) atoms. The molecule has 0 radical (unpaired) electrons. The van der Waals surface area contributed by atoms with E-state index >= 15 is 0 Å². The number of halogens is 3. The Bertz CT molecular complexity index is 623. The predicted octanol–water partition coefficient (Wildman–Crippen LogP) is 5.10. The molecule has 0 amide bonds. The maximum Gasteiger partial charge on any atom is 0.165 e. The smallest absolute Gasteiger partial charge is 0.165 e. The third kappa shape index (κ3) is 3.96. The van der Waals surface area contributed by atoms with E-state index in [1.807, 2.05) is 25.1 Å². The van der Waals surface area contributed by atoms with Gasteiger partial charge in [-0.3, -0.25) is 0 Å². The Morgan fingerprint density at radius 3 is 2.67 bits per heavy atom. The van der Waals surface area contributed by atoms with E-state index in [0.717, 1.165) is 10.0 Å². The molecule has 0 fully saturated rings. The van der Waals surface area contributed by atoms with Gasteiger partial charge in [0.2, 0.25) is 0 Å². The van der Waals surface area contributed by atoms with Crippen LogP contribution in [0.4, 0.5) is 4.39 Å². The van der Waals surface area contributed by atoms with Crippen molar-refractivity contribution in [3.8, 4) is 5.75 Å². The number of rotatable bonds is 5. The molecule has 0 spiro atoms. The van der Waals surface area contributed by atoms with Crippen LogP contribution >= 0.6 is 27.5 Å². The lowest BCUT2D eigenvalue weighted by atomic mass is 10.0. The zero-order valence-electron chi connectivity index (χ0n) is 11.5. The molecule has 0 aliphatic heterocycles. The third-order valence-corrected chi connectivity index (χ3v) is 4.06. The normalized spacial score (nSPS) is 13.8. The van der Waals surface area contributed by atoms with Crippen molar-refractivity contribution in [2.45, 2.75) is 25.5 Å². The highest BCUT2D eigenvalue weighted by atomic mass is 79.9. The van der Waals surface area contributed by atoms with Gasteiger partial charge in [0, 0.05) is 21.1 Å². The molecule has 0 saturated heterocycles. The van der Waals surface area contributed by atoms with E-state index in [1.165, 1.54) is 6.07 Å². The molecule has 2 aromatic rings. The van der Waals surface area contributed by atoms with Gasteiger partial charge in [-0.2, -0.15) is 0 Å². The molecule has 2 unspecified atom stereocenters. The summed E-state index contributed by atoms with van der Waals surface area (Å²) in [5, 5.41) is 0.557. The Morgan fingerprint density at radius 1 is 1.29 bits per heavy atom. The van der Waals surface area contributed by atoms with Crippen LogP contribution in [0.2, 0.25) is 5.02 Å². The van der Waals surface area contributed by atoms with Crippen molar-refractivity contribution in [2.24, 2.45) is 5.73 Å². The largest absolute Gasteiger partial charge is 0.481 e. The Morgan fingerprint density at radius 2 is 2.00 bits per heavy atom. The zero-order valence-corrected chi connectivity index (χ0v) is 13.9. The first-order valence-electron chi connectivity index (χ1n) is 6.64. The van der Waals surface area contributed by atoms with E-state index in [-0.39, 0.29) is 11.8 Å².